The molecule has 0 saturated carbocycles. The third-order valence-electron chi connectivity index (χ3n) is 4.47. The second-order valence-electron chi connectivity index (χ2n) is 6.49. The number of esters is 2. The van der Waals surface area contributed by atoms with Crippen LogP contribution in [0.3, 0.4) is 0 Å². The number of allylic oxidation sites excluding steroid dienone is 2. The average molecular weight is 403 g/mol. The number of nitrogens with one attached hydrogen (secondary N) is 1. The molecule has 1 unspecified atom stereocenters. The molecule has 9 heteroatoms. The van der Waals surface area contributed by atoms with Crippen LogP contribution in [0.25, 0.3) is 0 Å². The zero-order chi connectivity index (χ0) is 21.6. The van der Waals surface area contributed by atoms with Gasteiger partial charge in [0.25, 0.3) is 5.69 Å². The standard InChI is InChI=1S/C20H25N3O6/c1-4-28-19(24)16-12(2)22-13(3)17(20(25)29-10-6-9-21)18(16)14-7-5-8-15(11-14)23(26)27/h5,7-8,11,18,22H,4,6,9-10,21H2,1-3H3. The second-order valence-corrected chi connectivity index (χ2v) is 6.49. The number of nitrogens with two attached hydrogens (primary N) is 1. The number of carbonyl (C=O) groups excluding carboxylic acids is 2. The van der Waals surface area contributed by atoms with Crippen LogP contribution in [0.2, 0.25) is 0 Å². The molecule has 1 aliphatic heterocycles. The normalized spacial score (nSPS) is 16.3. The molecule has 9 nitrogen and oxygen atoms in total. The average Bonchev–Trinajstić information content (AvgIpc) is 2.67. The molecule has 0 aromatic heterocycles. The van der Waals surface area contributed by atoms with Crippen molar-refractivity contribution in [2.45, 2.75) is 33.1 Å². The molecule has 0 amide bonds. The van der Waals surface area contributed by atoms with Crippen LogP contribution >= 0.6 is 0 Å². The van der Waals surface area contributed by atoms with Crippen LogP contribution in [-0.2, 0) is 19.1 Å². The Morgan fingerprint density at radius 3 is 2.34 bits per heavy atom. The number of nitro groups is 1. The van der Waals surface area contributed by atoms with Crippen molar-refractivity contribution in [3.63, 3.8) is 0 Å². The number of ether oxygens (including phenoxy) is 2. The van der Waals surface area contributed by atoms with Crippen LogP contribution in [0.1, 0.15) is 38.7 Å². The van der Waals surface area contributed by atoms with Gasteiger partial charge in [-0.25, -0.2) is 9.59 Å². The van der Waals surface area contributed by atoms with Crippen molar-refractivity contribution in [1.29, 1.82) is 0 Å². The predicted molar refractivity (Wildman–Crippen MR) is 106 cm³/mol. The molecule has 1 aliphatic rings. The summed E-state index contributed by atoms with van der Waals surface area (Å²) in [6.45, 7) is 5.70. The Kier molecular flexibility index (Phi) is 7.49. The van der Waals surface area contributed by atoms with Crippen molar-refractivity contribution < 1.29 is 24.0 Å². The Balaban J connectivity index is 2.59. The molecule has 1 atom stereocenters. The first-order valence-electron chi connectivity index (χ1n) is 9.29. The van der Waals surface area contributed by atoms with Crippen LogP contribution in [0.4, 0.5) is 5.69 Å². The molecule has 29 heavy (non-hydrogen) atoms. The highest BCUT2D eigenvalue weighted by Gasteiger charge is 2.38. The van der Waals surface area contributed by atoms with Gasteiger partial charge in [-0.05, 0) is 39.3 Å². The summed E-state index contributed by atoms with van der Waals surface area (Å²) in [6, 6.07) is 5.85. The smallest absolute Gasteiger partial charge is 0.336 e. The number of rotatable bonds is 8. The van der Waals surface area contributed by atoms with E-state index in [2.05, 4.69) is 5.32 Å². The van der Waals surface area contributed by atoms with Crippen LogP contribution in [0.5, 0.6) is 0 Å². The Morgan fingerprint density at radius 2 is 1.79 bits per heavy atom. The number of non-ortho nitro benzene ring substituents is 1. The monoisotopic (exact) mass is 403 g/mol. The number of hydrogen-bond acceptors (Lipinski definition) is 8. The topological polar surface area (TPSA) is 134 Å². The maximum absolute atomic E-state index is 12.8. The minimum atomic E-state index is -0.861. The van der Waals surface area contributed by atoms with E-state index in [1.54, 1.807) is 26.8 Å². The van der Waals surface area contributed by atoms with Crippen LogP contribution in [0, 0.1) is 10.1 Å². The summed E-state index contributed by atoms with van der Waals surface area (Å²) in [5.74, 6) is -2.08. The van der Waals surface area contributed by atoms with E-state index in [1.807, 2.05) is 0 Å². The highest BCUT2D eigenvalue weighted by molar-refractivity contribution is 5.99. The first kappa shape index (κ1) is 22.1. The molecule has 0 bridgehead atoms. The zero-order valence-corrected chi connectivity index (χ0v) is 16.7. The number of nitrogens with zero attached hydrogens (tertiary/aromatic N) is 1. The first-order chi connectivity index (χ1) is 13.8. The lowest BCUT2D eigenvalue weighted by atomic mass is 9.80. The molecule has 156 valence electrons. The number of carbonyl (C=O) groups is 2. The van der Waals surface area contributed by atoms with Gasteiger partial charge >= 0.3 is 11.9 Å². The minimum absolute atomic E-state index is 0.130. The van der Waals surface area contributed by atoms with Crippen LogP contribution in [-0.4, -0.2) is 36.6 Å². The lowest BCUT2D eigenvalue weighted by molar-refractivity contribution is -0.384. The lowest BCUT2D eigenvalue weighted by Gasteiger charge is -2.30. The van der Waals surface area contributed by atoms with Gasteiger partial charge in [-0.1, -0.05) is 12.1 Å². The highest BCUT2D eigenvalue weighted by atomic mass is 16.6. The summed E-state index contributed by atoms with van der Waals surface area (Å²) in [5, 5.41) is 14.3. The van der Waals surface area contributed by atoms with E-state index in [-0.39, 0.29) is 30.0 Å². The predicted octanol–water partition coefficient (Wildman–Crippen LogP) is 2.28. The Hall–Kier alpha value is -3.20. The lowest BCUT2D eigenvalue weighted by Crippen LogP contribution is -2.32. The van der Waals surface area contributed by atoms with E-state index in [1.165, 1.54) is 18.2 Å². The van der Waals surface area contributed by atoms with Crippen molar-refractivity contribution in [3.05, 3.63) is 62.5 Å². The SMILES string of the molecule is CCOC(=O)C1=C(C)NC(C)=C(C(=O)OCCCN)C1c1cccc([N+](=O)[O-])c1. The van der Waals surface area contributed by atoms with E-state index >= 15 is 0 Å². The Bertz CT molecular complexity index is 875. The van der Waals surface area contributed by atoms with E-state index in [9.17, 15) is 19.7 Å². The van der Waals surface area contributed by atoms with E-state index in [0.717, 1.165) is 0 Å². The molecule has 0 fully saturated rings. The Labute approximate surface area is 168 Å². The molecule has 1 aromatic carbocycles. The fourth-order valence-corrected chi connectivity index (χ4v) is 3.22. The quantitative estimate of drug-likeness (QED) is 0.292. The summed E-state index contributed by atoms with van der Waals surface area (Å²) in [7, 11) is 0. The van der Waals surface area contributed by atoms with Crippen molar-refractivity contribution in [2.75, 3.05) is 19.8 Å². The third-order valence-corrected chi connectivity index (χ3v) is 4.47. The summed E-state index contributed by atoms with van der Waals surface area (Å²) in [5.41, 5.74) is 7.16. The van der Waals surface area contributed by atoms with Gasteiger partial charge in [-0.2, -0.15) is 0 Å². The van der Waals surface area contributed by atoms with Crippen molar-refractivity contribution >= 4 is 17.6 Å². The summed E-state index contributed by atoms with van der Waals surface area (Å²) < 4.78 is 10.5. The first-order valence-corrected chi connectivity index (χ1v) is 9.29. The molecule has 1 aromatic rings. The fourth-order valence-electron chi connectivity index (χ4n) is 3.22. The number of hydrogen-bond donors (Lipinski definition) is 2. The zero-order valence-electron chi connectivity index (χ0n) is 16.7. The number of dihydropyridines is 1. The maximum atomic E-state index is 12.8. The van der Waals surface area contributed by atoms with Crippen LogP contribution < -0.4 is 11.1 Å². The molecule has 3 N–H and O–H groups in total. The molecule has 0 aliphatic carbocycles. The Morgan fingerprint density at radius 1 is 1.17 bits per heavy atom. The van der Waals surface area contributed by atoms with Crippen molar-refractivity contribution in [3.8, 4) is 0 Å². The van der Waals surface area contributed by atoms with Gasteiger partial charge in [0.05, 0.1) is 35.2 Å². The van der Waals surface area contributed by atoms with E-state index < -0.39 is 22.8 Å². The van der Waals surface area contributed by atoms with Gasteiger partial charge in [-0.15, -0.1) is 0 Å². The van der Waals surface area contributed by atoms with Crippen LogP contribution in [0.15, 0.2) is 46.8 Å². The molecule has 0 radical (unpaired) electrons. The second kappa shape index (κ2) is 9.83. The van der Waals surface area contributed by atoms with Gasteiger partial charge in [0.1, 0.15) is 0 Å². The molecule has 1 heterocycles. The summed E-state index contributed by atoms with van der Waals surface area (Å²) in [4.78, 5) is 36.3. The van der Waals surface area contributed by atoms with E-state index in [0.29, 0.717) is 29.9 Å². The highest BCUT2D eigenvalue weighted by Crippen LogP contribution is 2.40. The maximum Gasteiger partial charge on any atom is 0.336 e. The summed E-state index contributed by atoms with van der Waals surface area (Å²) >= 11 is 0. The van der Waals surface area contributed by atoms with Crippen molar-refractivity contribution in [1.82, 2.24) is 5.32 Å². The fraction of sp³-hybridized carbons (Fsp3) is 0.400. The van der Waals surface area contributed by atoms with Gasteiger partial charge in [0.2, 0.25) is 0 Å². The molecule has 0 spiro atoms. The molecule has 0 saturated heterocycles. The molecular weight excluding hydrogens is 378 g/mol. The van der Waals surface area contributed by atoms with Gasteiger partial charge in [0.15, 0.2) is 0 Å². The summed E-state index contributed by atoms with van der Waals surface area (Å²) in [6.07, 6.45) is 0.493. The minimum Gasteiger partial charge on any atom is -0.463 e. The van der Waals surface area contributed by atoms with Gasteiger partial charge in [-0.3, -0.25) is 10.1 Å². The number of nitro benzene ring substituents is 1. The van der Waals surface area contributed by atoms with Crippen molar-refractivity contribution in [2.24, 2.45) is 5.73 Å². The van der Waals surface area contributed by atoms with Gasteiger partial charge in [0, 0.05) is 23.5 Å². The van der Waals surface area contributed by atoms with E-state index in [4.69, 9.17) is 15.2 Å². The number of benzene rings is 1. The largest absolute Gasteiger partial charge is 0.463 e. The molecular formula is C20H25N3O6. The third kappa shape index (κ3) is 5.00. The molecule has 2 rings (SSSR count). The van der Waals surface area contributed by atoms with Gasteiger partial charge < -0.3 is 20.5 Å².